The molecule has 0 fully saturated rings. The summed E-state index contributed by atoms with van der Waals surface area (Å²) in [5.74, 6) is 0.0254. The van der Waals surface area contributed by atoms with Crippen LogP contribution >= 0.6 is 0 Å². The number of anilines is 3. The monoisotopic (exact) mass is 334 g/mol. The Hall–Kier alpha value is -1.81. The number of aromatic nitrogens is 2. The number of nitrogens with two attached hydrogens (primary N) is 2. The third-order valence-corrected chi connectivity index (χ3v) is 3.30. The van der Waals surface area contributed by atoms with Gasteiger partial charge in [0.05, 0.1) is 6.07 Å². The van der Waals surface area contributed by atoms with E-state index >= 15 is 0 Å². The van der Waals surface area contributed by atoms with Gasteiger partial charge in [-0.05, 0) is 11.2 Å². The number of hydrogen-bond donors (Lipinski definition) is 4. The molecule has 1 rings (SSSR count). The Balaban J connectivity index is 2.49. The largest absolute Gasteiger partial charge is 0.474 e. The van der Waals surface area contributed by atoms with E-state index in [2.05, 4.69) is 21.5 Å². The summed E-state index contributed by atoms with van der Waals surface area (Å²) < 4.78 is 34.7. The quantitative estimate of drug-likeness (QED) is 0.275. The zero-order valence-corrected chi connectivity index (χ0v) is 13.5. The molecule has 6 N–H and O–H groups in total. The average molecular weight is 334 g/mol. The van der Waals surface area contributed by atoms with Crippen LogP contribution in [-0.4, -0.2) is 24.5 Å². The van der Waals surface area contributed by atoms with Crippen molar-refractivity contribution in [1.29, 1.82) is 0 Å². The second-order valence-corrected chi connectivity index (χ2v) is 5.92. The highest BCUT2D eigenvalue weighted by molar-refractivity contribution is 7.80. The Morgan fingerprint density at radius 2 is 1.91 bits per heavy atom. The van der Waals surface area contributed by atoms with Crippen molar-refractivity contribution < 1.29 is 22.0 Å². The number of rotatable bonds is 10. The van der Waals surface area contributed by atoms with Crippen molar-refractivity contribution in [3.8, 4) is 0 Å². The molecular weight excluding hydrogens is 310 g/mol. The number of nitrogens with zero attached hydrogens (tertiary/aromatic N) is 2. The first-order valence-corrected chi connectivity index (χ1v) is 8.59. The molecular formula is C12H24N5O4S+. The van der Waals surface area contributed by atoms with Gasteiger partial charge in [0.25, 0.3) is 0 Å². The highest BCUT2D eigenvalue weighted by Gasteiger charge is 2.19. The summed E-state index contributed by atoms with van der Waals surface area (Å²) in [6.45, 7) is 2.89. The van der Waals surface area contributed by atoms with Crippen molar-refractivity contribution in [2.24, 2.45) is 0 Å². The lowest BCUT2D eigenvalue weighted by molar-refractivity contribution is -0.835. The fourth-order valence-corrected chi connectivity index (χ4v) is 2.27. The normalized spacial score (nSPS) is 11.4. The van der Waals surface area contributed by atoms with Gasteiger partial charge in [-0.15, -0.1) is 0 Å². The van der Waals surface area contributed by atoms with Crippen LogP contribution in [0, 0.1) is 0 Å². The highest BCUT2D eigenvalue weighted by Crippen LogP contribution is 2.09. The van der Waals surface area contributed by atoms with Gasteiger partial charge in [0.1, 0.15) is 0 Å². The van der Waals surface area contributed by atoms with Gasteiger partial charge in [-0.1, -0.05) is 44.0 Å². The van der Waals surface area contributed by atoms with Gasteiger partial charge in [0, 0.05) is 6.54 Å². The number of nitrogen functional groups attached to an aromatic ring is 2. The van der Waals surface area contributed by atoms with Crippen LogP contribution in [0.5, 0.6) is 0 Å². The molecule has 1 aromatic heterocycles. The van der Waals surface area contributed by atoms with E-state index in [4.69, 9.17) is 16.0 Å². The zero-order valence-electron chi connectivity index (χ0n) is 12.7. The SMILES string of the molecule is CCCCCCCCNc1cc(N)[n+](OS(=O)(=O)O)c(N)n1. The maximum absolute atomic E-state index is 10.7. The van der Waals surface area contributed by atoms with E-state index < -0.39 is 10.4 Å². The minimum atomic E-state index is -4.72. The minimum absolute atomic E-state index is 0.101. The summed E-state index contributed by atoms with van der Waals surface area (Å²) in [5.41, 5.74) is 11.2. The average Bonchev–Trinajstić information content (AvgIpc) is 2.41. The van der Waals surface area contributed by atoms with E-state index in [0.717, 1.165) is 12.8 Å². The van der Waals surface area contributed by atoms with Crippen LogP contribution in [0.15, 0.2) is 6.07 Å². The Kier molecular flexibility index (Phi) is 7.12. The van der Waals surface area contributed by atoms with Crippen LogP contribution in [0.2, 0.25) is 0 Å². The summed E-state index contributed by atoms with van der Waals surface area (Å²) in [7, 11) is -4.72. The van der Waals surface area contributed by atoms with E-state index in [1.807, 2.05) is 0 Å². The predicted octanol–water partition coefficient (Wildman–Crippen LogP) is 0.537. The van der Waals surface area contributed by atoms with Crippen molar-refractivity contribution in [3.05, 3.63) is 6.07 Å². The molecule has 126 valence electrons. The molecule has 0 radical (unpaired) electrons. The van der Waals surface area contributed by atoms with Gasteiger partial charge in [-0.2, -0.15) is 8.42 Å². The molecule has 0 aliphatic carbocycles. The maximum atomic E-state index is 10.7. The van der Waals surface area contributed by atoms with Gasteiger partial charge in [0.15, 0.2) is 5.82 Å². The third kappa shape index (κ3) is 6.76. The first kappa shape index (κ1) is 18.2. The van der Waals surface area contributed by atoms with Crippen molar-refractivity contribution in [2.75, 3.05) is 23.3 Å². The molecule has 0 saturated heterocycles. The smallest absolute Gasteiger partial charge is 0.360 e. The van der Waals surface area contributed by atoms with E-state index in [1.165, 1.54) is 31.7 Å². The molecule has 0 saturated carbocycles. The van der Waals surface area contributed by atoms with Crippen LogP contribution in [-0.2, 0) is 10.4 Å². The first-order valence-electron chi connectivity index (χ1n) is 7.22. The van der Waals surface area contributed by atoms with Crippen LogP contribution in [0.25, 0.3) is 0 Å². The summed E-state index contributed by atoms with van der Waals surface area (Å²) in [6.07, 6.45) is 7.03. The summed E-state index contributed by atoms with van der Waals surface area (Å²) >= 11 is 0. The fourth-order valence-electron chi connectivity index (χ4n) is 1.92. The lowest BCUT2D eigenvalue weighted by Gasteiger charge is -2.07. The fraction of sp³-hybridized carbons (Fsp3) is 0.667. The van der Waals surface area contributed by atoms with Crippen LogP contribution < -0.4 is 25.8 Å². The Labute approximate surface area is 130 Å². The molecule has 0 bridgehead atoms. The van der Waals surface area contributed by atoms with E-state index in [9.17, 15) is 8.42 Å². The second-order valence-electron chi connectivity index (χ2n) is 4.92. The predicted molar refractivity (Wildman–Crippen MR) is 83.3 cm³/mol. The van der Waals surface area contributed by atoms with E-state index in [1.54, 1.807) is 0 Å². The minimum Gasteiger partial charge on any atom is -0.360 e. The van der Waals surface area contributed by atoms with E-state index in [0.29, 0.717) is 17.1 Å². The summed E-state index contributed by atoms with van der Waals surface area (Å²) in [4.78, 5) is 3.91. The number of hydrogen-bond acceptors (Lipinski definition) is 7. The molecule has 0 aromatic carbocycles. The van der Waals surface area contributed by atoms with Crippen LogP contribution in [0.1, 0.15) is 45.4 Å². The molecule has 0 spiro atoms. The number of nitrogens with one attached hydrogen (secondary N) is 1. The summed E-state index contributed by atoms with van der Waals surface area (Å²) in [6, 6.07) is 1.37. The van der Waals surface area contributed by atoms with Gasteiger partial charge in [0.2, 0.25) is 5.82 Å². The zero-order chi connectivity index (χ0) is 16.6. The van der Waals surface area contributed by atoms with E-state index in [-0.39, 0.29) is 11.8 Å². The molecule has 10 heteroatoms. The van der Waals surface area contributed by atoms with Crippen LogP contribution in [0.3, 0.4) is 0 Å². The molecule has 1 aromatic rings. The lowest BCUT2D eigenvalue weighted by atomic mass is 10.1. The van der Waals surface area contributed by atoms with Crippen molar-refractivity contribution >= 4 is 28.0 Å². The Morgan fingerprint density at radius 3 is 2.50 bits per heavy atom. The van der Waals surface area contributed by atoms with Crippen molar-refractivity contribution in [2.45, 2.75) is 45.4 Å². The Bertz CT molecular complexity index is 556. The standard InChI is InChI=1S/C12H23N5O4S/c1-2-3-4-5-6-7-8-15-11-9-10(13)17(12(14)16-11)21-22(18,19)20/h9H,2-8H2,1H3,(H5,13,14,15,16,18,19,20)/p+1. The highest BCUT2D eigenvalue weighted by atomic mass is 32.3. The molecule has 0 aliphatic rings. The second kappa shape index (κ2) is 8.59. The lowest BCUT2D eigenvalue weighted by Crippen LogP contribution is -2.50. The molecule has 0 atom stereocenters. The van der Waals surface area contributed by atoms with Gasteiger partial charge in [-0.3, -0.25) is 4.55 Å². The summed E-state index contributed by atoms with van der Waals surface area (Å²) in [5, 5.41) is 3.06. The topological polar surface area (TPSA) is 144 Å². The molecule has 22 heavy (non-hydrogen) atoms. The molecule has 0 unspecified atom stereocenters. The molecule has 0 aliphatic heterocycles. The molecule has 9 nitrogen and oxygen atoms in total. The van der Waals surface area contributed by atoms with Crippen LogP contribution in [0.4, 0.5) is 17.6 Å². The molecule has 0 amide bonds. The van der Waals surface area contributed by atoms with Gasteiger partial charge < -0.3 is 16.8 Å². The van der Waals surface area contributed by atoms with Crippen molar-refractivity contribution in [1.82, 2.24) is 4.98 Å². The van der Waals surface area contributed by atoms with Gasteiger partial charge >= 0.3 is 16.3 Å². The first-order chi connectivity index (χ1) is 10.3. The third-order valence-electron chi connectivity index (χ3n) is 2.97. The number of unbranched alkanes of at least 4 members (excludes halogenated alkanes) is 5. The molecule has 1 heterocycles. The van der Waals surface area contributed by atoms with Crippen molar-refractivity contribution in [3.63, 3.8) is 0 Å². The van der Waals surface area contributed by atoms with Gasteiger partial charge in [-0.25, -0.2) is 4.28 Å². The maximum Gasteiger partial charge on any atom is 0.474 e. The Morgan fingerprint density at radius 1 is 1.27 bits per heavy atom.